The molecule has 0 atom stereocenters. The van der Waals surface area contributed by atoms with Gasteiger partial charge in [0.25, 0.3) is 0 Å². The maximum Gasteiger partial charge on any atom is 0.168 e. The monoisotopic (exact) mass is 289 g/mol. The number of phenolic OH excluding ortho intramolecular Hbond substituents is 1. The summed E-state index contributed by atoms with van der Waals surface area (Å²) in [5, 5.41) is 13.2. The Kier molecular flexibility index (Phi) is 3.46. The second-order valence-corrected chi connectivity index (χ2v) is 5.86. The summed E-state index contributed by atoms with van der Waals surface area (Å²) in [5.41, 5.74) is 2.47. The van der Waals surface area contributed by atoms with E-state index >= 15 is 0 Å². The lowest BCUT2D eigenvalue weighted by molar-refractivity contribution is 0.112. The summed E-state index contributed by atoms with van der Waals surface area (Å²) in [5.74, 6) is 0.225. The van der Waals surface area contributed by atoms with Crippen LogP contribution in [0.25, 0.3) is 10.4 Å². The summed E-state index contributed by atoms with van der Waals surface area (Å²) in [6.07, 6.45) is 1.69. The number of carbonyl (C=O) groups excluding carboxylic acids is 1. The minimum atomic E-state index is -0.103. The molecular formula is C15H15NO3S. The zero-order valence-electron chi connectivity index (χ0n) is 11.1. The first-order valence-electron chi connectivity index (χ1n) is 6.41. The summed E-state index contributed by atoms with van der Waals surface area (Å²) in [7, 11) is 1.48. The minimum absolute atomic E-state index is 0.103. The maximum absolute atomic E-state index is 11.1. The molecule has 1 aromatic heterocycles. The number of aromatic hydroxyl groups is 1. The number of thiophene rings is 1. The van der Waals surface area contributed by atoms with Gasteiger partial charge in [-0.25, -0.2) is 0 Å². The van der Waals surface area contributed by atoms with Gasteiger partial charge in [0, 0.05) is 22.8 Å². The summed E-state index contributed by atoms with van der Waals surface area (Å²) in [4.78, 5) is 13.5. The van der Waals surface area contributed by atoms with E-state index in [2.05, 4.69) is 11.4 Å². The van der Waals surface area contributed by atoms with Crippen molar-refractivity contribution in [2.24, 2.45) is 0 Å². The standard InChI is InChI=1S/C15H15NO3S/c1-19-12-5-9(4-11(8-17)15(12)18)14-6-10-7-16-3-2-13(10)20-14/h4-6,8,16,18H,2-3,7H2,1H3. The van der Waals surface area contributed by atoms with Crippen molar-refractivity contribution in [3.63, 3.8) is 0 Å². The van der Waals surface area contributed by atoms with E-state index in [9.17, 15) is 9.90 Å². The lowest BCUT2D eigenvalue weighted by Crippen LogP contribution is -2.21. The molecule has 104 valence electrons. The first-order valence-corrected chi connectivity index (χ1v) is 7.23. The van der Waals surface area contributed by atoms with Crippen LogP contribution in [0.5, 0.6) is 11.5 Å². The van der Waals surface area contributed by atoms with Gasteiger partial charge in [-0.3, -0.25) is 4.79 Å². The first kappa shape index (κ1) is 13.1. The van der Waals surface area contributed by atoms with Crippen LogP contribution in [0.15, 0.2) is 18.2 Å². The third-order valence-electron chi connectivity index (χ3n) is 3.48. The SMILES string of the molecule is COc1cc(-c2cc3c(s2)CCNC3)cc(C=O)c1O. The number of methoxy groups -OCH3 is 1. The number of nitrogens with one attached hydrogen (secondary N) is 1. The Morgan fingerprint density at radius 2 is 2.25 bits per heavy atom. The molecule has 0 spiro atoms. The lowest BCUT2D eigenvalue weighted by atomic mass is 10.1. The molecule has 0 saturated carbocycles. The second-order valence-electron chi connectivity index (χ2n) is 4.72. The molecular weight excluding hydrogens is 274 g/mol. The van der Waals surface area contributed by atoms with E-state index in [0.717, 1.165) is 30.0 Å². The number of phenols is 1. The van der Waals surface area contributed by atoms with Crippen molar-refractivity contribution in [1.29, 1.82) is 0 Å². The van der Waals surface area contributed by atoms with E-state index in [1.807, 2.05) is 0 Å². The Morgan fingerprint density at radius 3 is 2.95 bits per heavy atom. The molecule has 4 nitrogen and oxygen atoms in total. The highest BCUT2D eigenvalue weighted by molar-refractivity contribution is 7.15. The zero-order chi connectivity index (χ0) is 14.1. The van der Waals surface area contributed by atoms with Gasteiger partial charge < -0.3 is 15.2 Å². The molecule has 1 aliphatic heterocycles. The molecule has 3 rings (SSSR count). The minimum Gasteiger partial charge on any atom is -0.504 e. The van der Waals surface area contributed by atoms with E-state index in [0.29, 0.717) is 12.0 Å². The van der Waals surface area contributed by atoms with Crippen LogP contribution in [0, 0.1) is 0 Å². The molecule has 20 heavy (non-hydrogen) atoms. The molecule has 2 heterocycles. The van der Waals surface area contributed by atoms with E-state index in [-0.39, 0.29) is 11.3 Å². The summed E-state index contributed by atoms with van der Waals surface area (Å²) >= 11 is 1.74. The highest BCUT2D eigenvalue weighted by Crippen LogP contribution is 2.39. The zero-order valence-corrected chi connectivity index (χ0v) is 11.9. The molecule has 0 radical (unpaired) electrons. The number of hydrogen-bond donors (Lipinski definition) is 2. The summed E-state index contributed by atoms with van der Waals surface area (Å²) < 4.78 is 5.14. The number of ether oxygens (including phenoxy) is 1. The van der Waals surface area contributed by atoms with Crippen molar-refractivity contribution in [2.75, 3.05) is 13.7 Å². The van der Waals surface area contributed by atoms with E-state index < -0.39 is 0 Å². The van der Waals surface area contributed by atoms with Gasteiger partial charge in [0.15, 0.2) is 17.8 Å². The van der Waals surface area contributed by atoms with Crippen LogP contribution >= 0.6 is 11.3 Å². The van der Waals surface area contributed by atoms with Crippen molar-refractivity contribution in [1.82, 2.24) is 5.32 Å². The van der Waals surface area contributed by atoms with Gasteiger partial charge in [-0.2, -0.15) is 0 Å². The molecule has 0 unspecified atom stereocenters. The summed E-state index contributed by atoms with van der Waals surface area (Å²) in [6.45, 7) is 1.90. The van der Waals surface area contributed by atoms with Crippen molar-refractivity contribution in [3.8, 4) is 21.9 Å². The van der Waals surface area contributed by atoms with Crippen molar-refractivity contribution in [2.45, 2.75) is 13.0 Å². The lowest BCUT2D eigenvalue weighted by Gasteiger charge is -2.10. The third-order valence-corrected chi connectivity index (χ3v) is 4.76. The Labute approximate surface area is 121 Å². The molecule has 0 fully saturated rings. The van der Waals surface area contributed by atoms with Gasteiger partial charge in [0.05, 0.1) is 12.7 Å². The number of rotatable bonds is 3. The van der Waals surface area contributed by atoms with Gasteiger partial charge >= 0.3 is 0 Å². The van der Waals surface area contributed by atoms with Crippen LogP contribution in [0.4, 0.5) is 0 Å². The predicted octanol–water partition coefficient (Wildman–Crippen LogP) is 2.59. The normalized spacial score (nSPS) is 13.8. The Hall–Kier alpha value is -1.85. The predicted molar refractivity (Wildman–Crippen MR) is 78.8 cm³/mol. The van der Waals surface area contributed by atoms with Gasteiger partial charge in [0.1, 0.15) is 0 Å². The number of aldehydes is 1. The van der Waals surface area contributed by atoms with Gasteiger partial charge in [0.2, 0.25) is 0 Å². The number of fused-ring (bicyclic) bond motifs is 1. The molecule has 1 aliphatic rings. The summed E-state index contributed by atoms with van der Waals surface area (Å²) in [6, 6.07) is 5.62. The first-order chi connectivity index (χ1) is 9.72. The molecule has 0 saturated heterocycles. The maximum atomic E-state index is 11.1. The Bertz CT molecular complexity index is 640. The average Bonchev–Trinajstić information content (AvgIpc) is 2.91. The van der Waals surface area contributed by atoms with Crippen LogP contribution in [0.1, 0.15) is 20.8 Å². The van der Waals surface area contributed by atoms with E-state index in [1.54, 1.807) is 23.5 Å². The van der Waals surface area contributed by atoms with Gasteiger partial charge in [-0.15, -0.1) is 11.3 Å². The van der Waals surface area contributed by atoms with Gasteiger partial charge in [-0.1, -0.05) is 0 Å². The van der Waals surface area contributed by atoms with Crippen LogP contribution in [0.3, 0.4) is 0 Å². The fourth-order valence-corrected chi connectivity index (χ4v) is 3.58. The van der Waals surface area contributed by atoms with Crippen LogP contribution < -0.4 is 10.1 Å². The van der Waals surface area contributed by atoms with E-state index in [4.69, 9.17) is 4.74 Å². The average molecular weight is 289 g/mol. The Balaban J connectivity index is 2.09. The molecule has 2 N–H and O–H groups in total. The van der Waals surface area contributed by atoms with Crippen molar-refractivity contribution >= 4 is 17.6 Å². The van der Waals surface area contributed by atoms with Crippen molar-refractivity contribution < 1.29 is 14.6 Å². The van der Waals surface area contributed by atoms with Gasteiger partial charge in [-0.05, 0) is 35.7 Å². The highest BCUT2D eigenvalue weighted by Gasteiger charge is 2.16. The fraction of sp³-hybridized carbons (Fsp3) is 0.267. The topological polar surface area (TPSA) is 58.6 Å². The van der Waals surface area contributed by atoms with Crippen LogP contribution in [-0.2, 0) is 13.0 Å². The molecule has 0 aliphatic carbocycles. The fourth-order valence-electron chi connectivity index (χ4n) is 2.41. The third kappa shape index (κ3) is 2.19. The Morgan fingerprint density at radius 1 is 1.40 bits per heavy atom. The number of hydrogen-bond acceptors (Lipinski definition) is 5. The second kappa shape index (κ2) is 5.26. The molecule has 5 heteroatoms. The molecule has 1 aromatic carbocycles. The number of benzene rings is 1. The molecule has 2 aromatic rings. The molecule has 0 amide bonds. The quantitative estimate of drug-likeness (QED) is 0.853. The highest BCUT2D eigenvalue weighted by atomic mass is 32.1. The van der Waals surface area contributed by atoms with Crippen LogP contribution in [0.2, 0.25) is 0 Å². The number of carbonyl (C=O) groups is 1. The van der Waals surface area contributed by atoms with Crippen LogP contribution in [-0.4, -0.2) is 25.0 Å². The molecule has 0 bridgehead atoms. The largest absolute Gasteiger partial charge is 0.504 e. The van der Waals surface area contributed by atoms with Crippen molar-refractivity contribution in [3.05, 3.63) is 34.2 Å². The smallest absolute Gasteiger partial charge is 0.168 e. The van der Waals surface area contributed by atoms with E-state index in [1.165, 1.54) is 17.6 Å².